The molecule has 0 heterocycles. The number of nitrogens with one attached hydrogen (secondary N) is 1. The number of hydrogen-bond acceptors (Lipinski definition) is 3. The van der Waals surface area contributed by atoms with Gasteiger partial charge >= 0.3 is 0 Å². The van der Waals surface area contributed by atoms with E-state index in [9.17, 15) is 13.2 Å². The van der Waals surface area contributed by atoms with Gasteiger partial charge in [0, 0.05) is 6.42 Å². The van der Waals surface area contributed by atoms with E-state index in [1.54, 1.807) is 0 Å². The first-order valence-electron chi connectivity index (χ1n) is 9.75. The topological polar surface area (TPSA) is 63.2 Å². The largest absolute Gasteiger partial charge is 0.349 e. The summed E-state index contributed by atoms with van der Waals surface area (Å²) in [5.41, 5.74) is 2.43. The molecule has 1 N–H and O–H groups in total. The fraction of sp³-hybridized carbons (Fsp3) is 0.667. The van der Waals surface area contributed by atoms with Crippen molar-refractivity contribution >= 4 is 15.7 Å². The molecule has 1 aliphatic rings. The number of sulfone groups is 1. The van der Waals surface area contributed by atoms with Gasteiger partial charge in [-0.15, -0.1) is 0 Å². The second-order valence-corrected chi connectivity index (χ2v) is 10.7. The normalized spacial score (nSPS) is 16.1. The lowest BCUT2D eigenvalue weighted by Gasteiger charge is -2.19. The fourth-order valence-corrected chi connectivity index (χ4v) is 5.00. The highest BCUT2D eigenvalue weighted by Gasteiger charge is 2.33. The molecule has 2 rings (SSSR count). The third-order valence-corrected chi connectivity index (χ3v) is 6.62. The molecule has 0 radical (unpaired) electrons. The van der Waals surface area contributed by atoms with Crippen molar-refractivity contribution in [1.82, 2.24) is 5.32 Å². The molecule has 5 heteroatoms. The van der Waals surface area contributed by atoms with Crippen molar-refractivity contribution in [1.29, 1.82) is 0 Å². The SMILES string of the molecule is CC(C)Cc1ccc(C(NC(=O)CCS(=O)(=O)CC(C)C)C2CC2)cc1. The Labute approximate surface area is 158 Å². The van der Waals surface area contributed by atoms with Crippen molar-refractivity contribution in [3.05, 3.63) is 35.4 Å². The molecule has 4 nitrogen and oxygen atoms in total. The minimum absolute atomic E-state index is 0.00315. The molecule has 0 spiro atoms. The van der Waals surface area contributed by atoms with Gasteiger partial charge in [-0.3, -0.25) is 4.79 Å². The molecule has 26 heavy (non-hydrogen) atoms. The lowest BCUT2D eigenvalue weighted by atomic mass is 9.97. The first-order chi connectivity index (χ1) is 12.2. The molecule has 1 fully saturated rings. The van der Waals surface area contributed by atoms with Gasteiger partial charge in [0.05, 0.1) is 17.5 Å². The van der Waals surface area contributed by atoms with E-state index in [1.165, 1.54) is 5.56 Å². The summed E-state index contributed by atoms with van der Waals surface area (Å²) in [5, 5.41) is 3.08. The zero-order valence-electron chi connectivity index (χ0n) is 16.5. The maximum Gasteiger partial charge on any atom is 0.221 e. The Morgan fingerprint density at radius 2 is 1.69 bits per heavy atom. The summed E-state index contributed by atoms with van der Waals surface area (Å²) < 4.78 is 24.0. The number of hydrogen-bond donors (Lipinski definition) is 1. The van der Waals surface area contributed by atoms with Gasteiger partial charge in [0.1, 0.15) is 0 Å². The Kier molecular flexibility index (Phi) is 7.27. The molecular weight excluding hydrogens is 346 g/mol. The second kappa shape index (κ2) is 9.03. The van der Waals surface area contributed by atoms with Crippen LogP contribution in [0.2, 0.25) is 0 Å². The van der Waals surface area contributed by atoms with E-state index in [-0.39, 0.29) is 35.8 Å². The van der Waals surface area contributed by atoms with Crippen LogP contribution in [0.15, 0.2) is 24.3 Å². The summed E-state index contributed by atoms with van der Waals surface area (Å²) in [6, 6.07) is 8.50. The molecular formula is C21H33NO3S. The molecule has 1 atom stereocenters. The van der Waals surface area contributed by atoms with Crippen LogP contribution >= 0.6 is 0 Å². The highest BCUT2D eigenvalue weighted by molar-refractivity contribution is 7.91. The maximum atomic E-state index is 12.3. The lowest BCUT2D eigenvalue weighted by Crippen LogP contribution is -2.31. The van der Waals surface area contributed by atoms with Gasteiger partial charge in [-0.25, -0.2) is 8.42 Å². The van der Waals surface area contributed by atoms with Gasteiger partial charge in [0.15, 0.2) is 9.84 Å². The summed E-state index contributed by atoms with van der Waals surface area (Å²) in [4.78, 5) is 12.3. The van der Waals surface area contributed by atoms with Gasteiger partial charge in [0.2, 0.25) is 5.91 Å². The molecule has 0 saturated heterocycles. The lowest BCUT2D eigenvalue weighted by molar-refractivity contribution is -0.121. The van der Waals surface area contributed by atoms with Crippen LogP contribution in [-0.2, 0) is 21.1 Å². The summed E-state index contributed by atoms with van der Waals surface area (Å²) in [5.74, 6) is 1.09. The molecule has 146 valence electrons. The molecule has 1 aliphatic carbocycles. The van der Waals surface area contributed by atoms with E-state index in [0.717, 1.165) is 24.8 Å². The van der Waals surface area contributed by atoms with Gasteiger partial charge in [0.25, 0.3) is 0 Å². The summed E-state index contributed by atoms with van der Waals surface area (Å²) in [7, 11) is -3.16. The van der Waals surface area contributed by atoms with Gasteiger partial charge < -0.3 is 5.32 Å². The molecule has 1 saturated carbocycles. The maximum absolute atomic E-state index is 12.3. The molecule has 0 bridgehead atoms. The van der Waals surface area contributed by atoms with Crippen LogP contribution in [0.1, 0.15) is 64.1 Å². The minimum atomic E-state index is -3.16. The quantitative estimate of drug-likeness (QED) is 0.670. The van der Waals surface area contributed by atoms with Gasteiger partial charge in [-0.2, -0.15) is 0 Å². The molecule has 1 unspecified atom stereocenters. The molecule has 0 aliphatic heterocycles. The standard InChI is InChI=1S/C21H33NO3S/c1-15(2)13-17-5-7-18(8-6-17)21(19-9-10-19)22-20(23)11-12-26(24,25)14-16(3)4/h5-8,15-16,19,21H,9-14H2,1-4H3,(H,22,23). The van der Waals surface area contributed by atoms with Crippen LogP contribution in [0.3, 0.4) is 0 Å². The predicted octanol–water partition coefficient (Wildman–Crippen LogP) is 3.91. The van der Waals surface area contributed by atoms with Crippen molar-refractivity contribution in [2.45, 2.75) is 59.4 Å². The zero-order valence-corrected chi connectivity index (χ0v) is 17.3. The molecule has 1 amide bonds. The highest BCUT2D eigenvalue weighted by Crippen LogP contribution is 2.41. The molecule has 1 aromatic carbocycles. The Morgan fingerprint density at radius 3 is 2.19 bits per heavy atom. The number of carbonyl (C=O) groups is 1. The van der Waals surface area contributed by atoms with Crippen LogP contribution in [0.4, 0.5) is 0 Å². The van der Waals surface area contributed by atoms with E-state index < -0.39 is 9.84 Å². The third kappa shape index (κ3) is 7.10. The first kappa shape index (κ1) is 20.9. The van der Waals surface area contributed by atoms with E-state index in [0.29, 0.717) is 11.8 Å². The Bertz CT molecular complexity index is 688. The zero-order chi connectivity index (χ0) is 19.3. The van der Waals surface area contributed by atoms with Gasteiger partial charge in [-0.1, -0.05) is 52.0 Å². The van der Waals surface area contributed by atoms with E-state index in [2.05, 4.69) is 43.4 Å². The van der Waals surface area contributed by atoms with E-state index in [1.807, 2.05) is 13.8 Å². The predicted molar refractivity (Wildman–Crippen MR) is 107 cm³/mol. The number of rotatable bonds is 10. The summed E-state index contributed by atoms with van der Waals surface area (Å²) in [6.07, 6.45) is 3.33. The second-order valence-electron chi connectivity index (χ2n) is 8.48. The fourth-order valence-electron chi connectivity index (χ4n) is 3.32. The van der Waals surface area contributed by atoms with Crippen LogP contribution in [0.25, 0.3) is 0 Å². The monoisotopic (exact) mass is 379 g/mol. The van der Waals surface area contributed by atoms with Crippen molar-refractivity contribution < 1.29 is 13.2 Å². The smallest absolute Gasteiger partial charge is 0.221 e. The Balaban J connectivity index is 1.95. The van der Waals surface area contributed by atoms with Crippen molar-refractivity contribution in [3.8, 4) is 0 Å². The Morgan fingerprint density at radius 1 is 1.08 bits per heavy atom. The van der Waals surface area contributed by atoms with Gasteiger partial charge in [-0.05, 0) is 48.1 Å². The van der Waals surface area contributed by atoms with Crippen LogP contribution in [0, 0.1) is 17.8 Å². The number of benzene rings is 1. The number of carbonyl (C=O) groups excluding carboxylic acids is 1. The van der Waals surface area contributed by atoms with E-state index >= 15 is 0 Å². The highest BCUT2D eigenvalue weighted by atomic mass is 32.2. The average Bonchev–Trinajstić information content (AvgIpc) is 3.35. The van der Waals surface area contributed by atoms with Crippen molar-refractivity contribution in [2.24, 2.45) is 17.8 Å². The molecule has 0 aromatic heterocycles. The third-order valence-electron chi connectivity index (χ3n) is 4.62. The van der Waals surface area contributed by atoms with Crippen LogP contribution in [-0.4, -0.2) is 25.8 Å². The van der Waals surface area contributed by atoms with Crippen LogP contribution < -0.4 is 5.32 Å². The van der Waals surface area contributed by atoms with E-state index in [4.69, 9.17) is 0 Å². The average molecular weight is 380 g/mol. The first-order valence-corrected chi connectivity index (χ1v) is 11.6. The summed E-state index contributed by atoms with van der Waals surface area (Å²) in [6.45, 7) is 8.16. The summed E-state index contributed by atoms with van der Waals surface area (Å²) >= 11 is 0. The van der Waals surface area contributed by atoms with Crippen molar-refractivity contribution in [3.63, 3.8) is 0 Å². The van der Waals surface area contributed by atoms with Crippen molar-refractivity contribution in [2.75, 3.05) is 11.5 Å². The van der Waals surface area contributed by atoms with Crippen LogP contribution in [0.5, 0.6) is 0 Å². The minimum Gasteiger partial charge on any atom is -0.349 e. The Hall–Kier alpha value is -1.36. The number of amides is 1. The molecule has 1 aromatic rings.